The molecular weight excluding hydrogens is 272 g/mol. The maximum Gasteiger partial charge on any atom is 0.241 e. The Kier molecular flexibility index (Phi) is 3.63. The van der Waals surface area contributed by atoms with Crippen LogP contribution in [-0.2, 0) is 4.79 Å². The van der Waals surface area contributed by atoms with Crippen molar-refractivity contribution in [2.24, 2.45) is 0 Å². The summed E-state index contributed by atoms with van der Waals surface area (Å²) >= 11 is 0. The molecule has 1 amide bonds. The molecule has 8 heteroatoms. The van der Waals surface area contributed by atoms with E-state index in [9.17, 15) is 9.90 Å². The zero-order valence-electron chi connectivity index (χ0n) is 11.5. The lowest BCUT2D eigenvalue weighted by Gasteiger charge is -2.13. The van der Waals surface area contributed by atoms with Crippen molar-refractivity contribution < 1.29 is 9.90 Å². The fourth-order valence-corrected chi connectivity index (χ4v) is 2.35. The van der Waals surface area contributed by atoms with Crippen LogP contribution in [0.25, 0.3) is 5.69 Å². The van der Waals surface area contributed by atoms with E-state index in [1.54, 1.807) is 4.68 Å². The number of aromatic nitrogens is 4. The summed E-state index contributed by atoms with van der Waals surface area (Å²) in [5, 5.41) is 26.3. The lowest BCUT2D eigenvalue weighted by molar-refractivity contribution is -0.117. The monoisotopic (exact) mass is 288 g/mol. The minimum Gasteiger partial charge on any atom is -0.392 e. The molecule has 2 atom stereocenters. The second-order valence-corrected chi connectivity index (χ2v) is 5.10. The van der Waals surface area contributed by atoms with Crippen molar-refractivity contribution in [1.82, 2.24) is 25.5 Å². The molecule has 1 aliphatic heterocycles. The Morgan fingerprint density at radius 3 is 3.05 bits per heavy atom. The van der Waals surface area contributed by atoms with Crippen molar-refractivity contribution in [3.8, 4) is 5.69 Å². The maximum absolute atomic E-state index is 12.1. The molecule has 0 bridgehead atoms. The number of benzene rings is 1. The molecule has 3 N–H and O–H groups in total. The first-order chi connectivity index (χ1) is 10.1. The predicted molar refractivity (Wildman–Crippen MR) is 74.9 cm³/mol. The van der Waals surface area contributed by atoms with Gasteiger partial charge >= 0.3 is 0 Å². The third-order valence-electron chi connectivity index (χ3n) is 3.50. The molecule has 2 heterocycles. The van der Waals surface area contributed by atoms with Crippen LogP contribution in [-0.4, -0.2) is 49.9 Å². The molecule has 2 aromatic rings. The van der Waals surface area contributed by atoms with Gasteiger partial charge in [0.2, 0.25) is 5.91 Å². The summed E-state index contributed by atoms with van der Waals surface area (Å²) in [5.41, 5.74) is 2.46. The highest BCUT2D eigenvalue weighted by atomic mass is 16.3. The highest BCUT2D eigenvalue weighted by Gasteiger charge is 2.28. The van der Waals surface area contributed by atoms with Gasteiger partial charge in [-0.05, 0) is 41.5 Å². The first kappa shape index (κ1) is 13.7. The second kappa shape index (κ2) is 5.58. The minimum absolute atomic E-state index is 0.155. The summed E-state index contributed by atoms with van der Waals surface area (Å²) in [7, 11) is 0. The molecule has 1 aliphatic rings. The zero-order valence-corrected chi connectivity index (χ0v) is 11.5. The molecule has 110 valence electrons. The van der Waals surface area contributed by atoms with Crippen LogP contribution in [0.2, 0.25) is 0 Å². The number of nitrogens with one attached hydrogen (secondary N) is 2. The maximum atomic E-state index is 12.1. The lowest BCUT2D eigenvalue weighted by Crippen LogP contribution is -2.35. The summed E-state index contributed by atoms with van der Waals surface area (Å²) in [6.07, 6.45) is 1.47. The zero-order chi connectivity index (χ0) is 14.8. The van der Waals surface area contributed by atoms with Gasteiger partial charge in [-0.15, -0.1) is 5.10 Å². The minimum atomic E-state index is -0.462. The Morgan fingerprint density at radius 2 is 2.38 bits per heavy atom. The number of carbonyl (C=O) groups is 1. The average Bonchev–Trinajstić information content (AvgIpc) is 3.12. The van der Waals surface area contributed by atoms with Gasteiger partial charge in [-0.1, -0.05) is 6.07 Å². The highest BCUT2D eigenvalue weighted by molar-refractivity contribution is 5.95. The largest absolute Gasteiger partial charge is 0.392 e. The van der Waals surface area contributed by atoms with E-state index in [2.05, 4.69) is 26.2 Å². The molecular formula is C13H16N6O2. The number of anilines is 1. The fraction of sp³-hybridized carbons (Fsp3) is 0.385. The number of aryl methyl sites for hydroxylation is 1. The van der Waals surface area contributed by atoms with Crippen molar-refractivity contribution in [3.05, 3.63) is 30.1 Å². The molecule has 21 heavy (non-hydrogen) atoms. The van der Waals surface area contributed by atoms with E-state index in [0.717, 1.165) is 11.3 Å². The molecule has 0 spiro atoms. The number of aliphatic hydroxyl groups is 1. The molecule has 2 unspecified atom stereocenters. The quantitative estimate of drug-likeness (QED) is 0.712. The predicted octanol–water partition coefficient (Wildman–Crippen LogP) is -0.368. The third-order valence-corrected chi connectivity index (χ3v) is 3.50. The first-order valence-corrected chi connectivity index (χ1v) is 6.70. The summed E-state index contributed by atoms with van der Waals surface area (Å²) in [4.78, 5) is 12.1. The molecule has 1 aromatic carbocycles. The van der Waals surface area contributed by atoms with Crippen LogP contribution in [0, 0.1) is 6.92 Å². The van der Waals surface area contributed by atoms with Gasteiger partial charge in [-0.2, -0.15) is 0 Å². The van der Waals surface area contributed by atoms with Gasteiger partial charge in [-0.3, -0.25) is 4.79 Å². The van der Waals surface area contributed by atoms with Gasteiger partial charge in [0.15, 0.2) is 0 Å². The van der Waals surface area contributed by atoms with Crippen molar-refractivity contribution >= 4 is 11.6 Å². The highest BCUT2D eigenvalue weighted by Crippen LogP contribution is 2.19. The van der Waals surface area contributed by atoms with Crippen molar-refractivity contribution in [2.75, 3.05) is 11.9 Å². The van der Waals surface area contributed by atoms with E-state index in [-0.39, 0.29) is 11.9 Å². The van der Waals surface area contributed by atoms with Crippen LogP contribution >= 0.6 is 0 Å². The molecule has 1 fully saturated rings. The number of rotatable bonds is 3. The molecule has 0 aliphatic carbocycles. The van der Waals surface area contributed by atoms with Crippen molar-refractivity contribution in [1.29, 1.82) is 0 Å². The number of β-amino-alcohol motifs (C(OH)–C–C–N with tert-alkyl or cyclic N) is 1. The van der Waals surface area contributed by atoms with E-state index in [4.69, 9.17) is 0 Å². The molecule has 0 radical (unpaired) electrons. The average molecular weight is 288 g/mol. The molecule has 3 rings (SSSR count). The van der Waals surface area contributed by atoms with Crippen molar-refractivity contribution in [2.45, 2.75) is 25.5 Å². The Hall–Kier alpha value is -2.32. The van der Waals surface area contributed by atoms with Crippen LogP contribution < -0.4 is 10.6 Å². The van der Waals surface area contributed by atoms with Gasteiger partial charge in [-0.25, -0.2) is 4.68 Å². The number of nitrogens with zero attached hydrogens (tertiary/aromatic N) is 4. The summed E-state index contributed by atoms with van der Waals surface area (Å²) in [6, 6.07) is 5.17. The van der Waals surface area contributed by atoms with E-state index in [0.29, 0.717) is 18.7 Å². The topological polar surface area (TPSA) is 105 Å². The SMILES string of the molecule is Cc1ccc(NC(=O)C2CC(O)CN2)cc1-n1cnnn1. The molecule has 1 saturated heterocycles. The number of aliphatic hydroxyl groups excluding tert-OH is 1. The summed E-state index contributed by atoms with van der Waals surface area (Å²) < 4.78 is 1.54. The Labute approximate surface area is 121 Å². The van der Waals surface area contributed by atoms with Gasteiger partial charge in [0.1, 0.15) is 6.33 Å². The van der Waals surface area contributed by atoms with E-state index < -0.39 is 6.10 Å². The van der Waals surface area contributed by atoms with Crippen molar-refractivity contribution in [3.63, 3.8) is 0 Å². The second-order valence-electron chi connectivity index (χ2n) is 5.10. The van der Waals surface area contributed by atoms with Gasteiger partial charge < -0.3 is 15.7 Å². The van der Waals surface area contributed by atoms with Crippen LogP contribution in [0.5, 0.6) is 0 Å². The van der Waals surface area contributed by atoms with E-state index in [1.807, 2.05) is 25.1 Å². The fourth-order valence-electron chi connectivity index (χ4n) is 2.35. The van der Waals surface area contributed by atoms with Crippen LogP contribution in [0.3, 0.4) is 0 Å². The summed E-state index contributed by atoms with van der Waals surface area (Å²) in [6.45, 7) is 2.39. The molecule has 1 aromatic heterocycles. The summed E-state index contributed by atoms with van der Waals surface area (Å²) in [5.74, 6) is -0.155. The lowest BCUT2D eigenvalue weighted by atomic mass is 10.1. The number of tetrazole rings is 1. The molecule has 8 nitrogen and oxygen atoms in total. The number of carbonyl (C=O) groups excluding carboxylic acids is 1. The molecule has 0 saturated carbocycles. The Morgan fingerprint density at radius 1 is 1.52 bits per heavy atom. The van der Waals surface area contributed by atoms with Crippen LogP contribution in [0.4, 0.5) is 5.69 Å². The van der Waals surface area contributed by atoms with Gasteiger partial charge in [0.05, 0.1) is 17.8 Å². The van der Waals surface area contributed by atoms with E-state index in [1.165, 1.54) is 6.33 Å². The first-order valence-electron chi connectivity index (χ1n) is 6.70. The number of hydrogen-bond acceptors (Lipinski definition) is 6. The standard InChI is InChI=1S/C13H16N6O2/c1-8-2-3-9(4-12(8)19-7-15-17-18-19)16-13(21)11-5-10(20)6-14-11/h2-4,7,10-11,14,20H,5-6H2,1H3,(H,16,21). The Bertz CT molecular complexity index is 642. The van der Waals surface area contributed by atoms with Crippen LogP contribution in [0.1, 0.15) is 12.0 Å². The van der Waals surface area contributed by atoms with Crippen LogP contribution in [0.15, 0.2) is 24.5 Å². The van der Waals surface area contributed by atoms with E-state index >= 15 is 0 Å². The van der Waals surface area contributed by atoms with Gasteiger partial charge in [0, 0.05) is 12.2 Å². The number of hydrogen-bond donors (Lipinski definition) is 3. The van der Waals surface area contributed by atoms with Gasteiger partial charge in [0.25, 0.3) is 0 Å². The Balaban J connectivity index is 1.77. The normalized spacial score (nSPS) is 21.4. The smallest absolute Gasteiger partial charge is 0.241 e. The third kappa shape index (κ3) is 2.91. The number of amides is 1.